The van der Waals surface area contributed by atoms with E-state index in [0.29, 0.717) is 0 Å². The highest BCUT2D eigenvalue weighted by molar-refractivity contribution is 5.83. The van der Waals surface area contributed by atoms with Gasteiger partial charge in [-0.25, -0.2) is 0 Å². The lowest BCUT2D eigenvalue weighted by atomic mass is 10.1. The van der Waals surface area contributed by atoms with E-state index in [1.807, 2.05) is 0 Å². The summed E-state index contributed by atoms with van der Waals surface area (Å²) in [5.74, 6) is 0. The van der Waals surface area contributed by atoms with Gasteiger partial charge in [-0.15, -0.1) is 0 Å². The van der Waals surface area contributed by atoms with Crippen molar-refractivity contribution in [3.63, 3.8) is 0 Å². The van der Waals surface area contributed by atoms with E-state index in [-0.39, 0.29) is 5.60 Å². The van der Waals surface area contributed by atoms with Crippen LogP contribution >= 0.6 is 0 Å². The maximum Gasteiger partial charge on any atom is 0.0639 e. The van der Waals surface area contributed by atoms with Gasteiger partial charge in [-0.2, -0.15) is 0 Å². The van der Waals surface area contributed by atoms with Gasteiger partial charge < -0.3 is 14.6 Å². The zero-order valence-electron chi connectivity index (χ0n) is 13.1. The van der Waals surface area contributed by atoms with Gasteiger partial charge in [-0.1, -0.05) is 25.1 Å². The monoisotopic (exact) mass is 274 g/mol. The van der Waals surface area contributed by atoms with Crippen molar-refractivity contribution in [1.29, 1.82) is 0 Å². The average molecular weight is 274 g/mol. The summed E-state index contributed by atoms with van der Waals surface area (Å²) in [5, 5.41) is 4.77. The average Bonchev–Trinajstić information content (AvgIpc) is 2.81. The fourth-order valence-corrected chi connectivity index (χ4v) is 2.40. The Labute approximate surface area is 121 Å². The highest BCUT2D eigenvalue weighted by Gasteiger charge is 2.17. The van der Waals surface area contributed by atoms with Crippen molar-refractivity contribution >= 4 is 10.9 Å². The Bertz CT molecular complexity index is 557. The maximum atomic E-state index is 5.52. The van der Waals surface area contributed by atoms with Crippen molar-refractivity contribution in [1.82, 2.24) is 9.88 Å². The third-order valence-electron chi connectivity index (χ3n) is 3.94. The summed E-state index contributed by atoms with van der Waals surface area (Å²) in [6.07, 6.45) is 3.28. The van der Waals surface area contributed by atoms with Crippen LogP contribution in [-0.4, -0.2) is 23.8 Å². The van der Waals surface area contributed by atoms with Crippen LogP contribution in [0.3, 0.4) is 0 Å². The van der Waals surface area contributed by atoms with E-state index >= 15 is 0 Å². The standard InChI is InChI=1S/C17H26N2O/c1-5-18-12-14-13-19(11-10-17(2,3)20-4)16-9-7-6-8-15(14)16/h6-9,13,18H,5,10-12H2,1-4H3. The van der Waals surface area contributed by atoms with Crippen LogP contribution in [0.1, 0.15) is 32.8 Å². The van der Waals surface area contributed by atoms with Gasteiger partial charge in [0.2, 0.25) is 0 Å². The number of nitrogens with one attached hydrogen (secondary N) is 1. The Morgan fingerprint density at radius 2 is 2.00 bits per heavy atom. The molecule has 0 amide bonds. The summed E-state index contributed by atoms with van der Waals surface area (Å²) in [5.41, 5.74) is 2.61. The molecule has 1 aromatic heterocycles. The smallest absolute Gasteiger partial charge is 0.0639 e. The molecule has 0 saturated heterocycles. The molecule has 1 aromatic carbocycles. The molecular weight excluding hydrogens is 248 g/mol. The molecule has 0 spiro atoms. The number of hydrogen-bond donors (Lipinski definition) is 1. The first-order chi connectivity index (χ1) is 9.57. The number of rotatable bonds is 7. The highest BCUT2D eigenvalue weighted by Crippen LogP contribution is 2.23. The highest BCUT2D eigenvalue weighted by atomic mass is 16.5. The molecule has 0 fully saturated rings. The van der Waals surface area contributed by atoms with Crippen molar-refractivity contribution in [2.24, 2.45) is 0 Å². The minimum atomic E-state index is -0.0762. The lowest BCUT2D eigenvalue weighted by Gasteiger charge is -2.23. The molecule has 3 nitrogen and oxygen atoms in total. The molecule has 0 radical (unpaired) electrons. The van der Waals surface area contributed by atoms with Gasteiger partial charge in [-0.3, -0.25) is 0 Å². The SMILES string of the molecule is CCNCc1cn(CCC(C)(C)OC)c2ccccc12. The first kappa shape index (κ1) is 15.1. The van der Waals surface area contributed by atoms with E-state index in [4.69, 9.17) is 4.74 Å². The molecule has 1 N–H and O–H groups in total. The summed E-state index contributed by atoms with van der Waals surface area (Å²) in [7, 11) is 1.78. The lowest BCUT2D eigenvalue weighted by Crippen LogP contribution is -2.24. The predicted molar refractivity (Wildman–Crippen MR) is 85.0 cm³/mol. The van der Waals surface area contributed by atoms with E-state index < -0.39 is 0 Å². The summed E-state index contributed by atoms with van der Waals surface area (Å²) >= 11 is 0. The lowest BCUT2D eigenvalue weighted by molar-refractivity contribution is 0.0123. The van der Waals surface area contributed by atoms with Crippen LogP contribution in [-0.2, 0) is 17.8 Å². The number of fused-ring (bicyclic) bond motifs is 1. The van der Waals surface area contributed by atoms with Crippen LogP contribution < -0.4 is 5.32 Å². The van der Waals surface area contributed by atoms with Gasteiger partial charge in [0.15, 0.2) is 0 Å². The number of hydrogen-bond acceptors (Lipinski definition) is 2. The third-order valence-corrected chi connectivity index (χ3v) is 3.94. The number of aromatic nitrogens is 1. The largest absolute Gasteiger partial charge is 0.379 e. The minimum absolute atomic E-state index is 0.0762. The van der Waals surface area contributed by atoms with Crippen molar-refractivity contribution in [3.05, 3.63) is 36.0 Å². The van der Waals surface area contributed by atoms with Gasteiger partial charge in [0.05, 0.1) is 5.60 Å². The molecule has 1 heterocycles. The van der Waals surface area contributed by atoms with E-state index in [0.717, 1.165) is 26.1 Å². The number of methoxy groups -OCH3 is 1. The second-order valence-corrected chi connectivity index (χ2v) is 5.86. The topological polar surface area (TPSA) is 26.2 Å². The molecule has 0 saturated carbocycles. The van der Waals surface area contributed by atoms with Gasteiger partial charge in [0.1, 0.15) is 0 Å². The molecule has 0 aliphatic heterocycles. The Hall–Kier alpha value is -1.32. The molecule has 2 aromatic rings. The van der Waals surface area contributed by atoms with E-state index in [1.54, 1.807) is 7.11 Å². The summed E-state index contributed by atoms with van der Waals surface area (Å²) in [4.78, 5) is 0. The van der Waals surface area contributed by atoms with Gasteiger partial charge in [0, 0.05) is 37.3 Å². The second kappa shape index (κ2) is 6.42. The van der Waals surface area contributed by atoms with E-state index in [9.17, 15) is 0 Å². The van der Waals surface area contributed by atoms with E-state index in [2.05, 4.69) is 61.1 Å². The molecule has 2 rings (SSSR count). The predicted octanol–water partition coefficient (Wildman–Crippen LogP) is 3.57. The van der Waals surface area contributed by atoms with Gasteiger partial charge >= 0.3 is 0 Å². The number of ether oxygens (including phenoxy) is 1. The molecule has 20 heavy (non-hydrogen) atoms. The third kappa shape index (κ3) is 3.41. The van der Waals surface area contributed by atoms with Gasteiger partial charge in [0.25, 0.3) is 0 Å². The van der Waals surface area contributed by atoms with Crippen molar-refractivity contribution in [2.75, 3.05) is 13.7 Å². The summed E-state index contributed by atoms with van der Waals surface area (Å²) in [6.45, 7) is 9.32. The van der Waals surface area contributed by atoms with Crippen molar-refractivity contribution in [2.45, 2.75) is 45.9 Å². The Kier molecular flexibility index (Phi) is 4.84. The Balaban J connectivity index is 2.24. The number of nitrogens with zero attached hydrogens (tertiary/aromatic N) is 1. The fourth-order valence-electron chi connectivity index (χ4n) is 2.40. The zero-order chi connectivity index (χ0) is 14.6. The molecule has 0 atom stereocenters. The molecular formula is C17H26N2O. The quantitative estimate of drug-likeness (QED) is 0.835. The van der Waals surface area contributed by atoms with Crippen molar-refractivity contribution < 1.29 is 4.74 Å². The summed E-state index contributed by atoms with van der Waals surface area (Å²) in [6, 6.07) is 8.63. The van der Waals surface area contributed by atoms with Gasteiger partial charge in [-0.05, 0) is 38.4 Å². The molecule has 0 aliphatic rings. The maximum absolute atomic E-state index is 5.52. The molecule has 110 valence electrons. The number of aryl methyl sites for hydroxylation is 1. The van der Waals surface area contributed by atoms with E-state index in [1.165, 1.54) is 16.5 Å². The number of para-hydroxylation sites is 1. The molecule has 0 bridgehead atoms. The first-order valence-corrected chi connectivity index (χ1v) is 7.40. The molecule has 3 heteroatoms. The Morgan fingerprint density at radius 3 is 2.70 bits per heavy atom. The zero-order valence-corrected chi connectivity index (χ0v) is 13.1. The van der Waals surface area contributed by atoms with Crippen LogP contribution in [0.15, 0.2) is 30.5 Å². The van der Waals surface area contributed by atoms with Crippen LogP contribution in [0.25, 0.3) is 10.9 Å². The normalized spacial score (nSPS) is 12.2. The second-order valence-electron chi connectivity index (χ2n) is 5.86. The molecule has 0 unspecified atom stereocenters. The Morgan fingerprint density at radius 1 is 1.25 bits per heavy atom. The first-order valence-electron chi connectivity index (χ1n) is 7.40. The van der Waals surface area contributed by atoms with Crippen LogP contribution in [0.4, 0.5) is 0 Å². The summed E-state index contributed by atoms with van der Waals surface area (Å²) < 4.78 is 7.87. The molecule has 0 aliphatic carbocycles. The number of benzene rings is 1. The minimum Gasteiger partial charge on any atom is -0.379 e. The van der Waals surface area contributed by atoms with Crippen molar-refractivity contribution in [3.8, 4) is 0 Å². The van der Waals surface area contributed by atoms with Crippen LogP contribution in [0.2, 0.25) is 0 Å². The van der Waals surface area contributed by atoms with Crippen LogP contribution in [0.5, 0.6) is 0 Å². The fraction of sp³-hybridized carbons (Fsp3) is 0.529. The van der Waals surface area contributed by atoms with Crippen LogP contribution in [0, 0.1) is 0 Å².